The van der Waals surface area contributed by atoms with E-state index in [1.165, 1.54) is 6.21 Å². The molecule has 2 N–H and O–H groups in total. The fourth-order valence-electron chi connectivity index (χ4n) is 2.94. The number of benzene rings is 3. The van der Waals surface area contributed by atoms with Crippen LogP contribution >= 0.6 is 34.8 Å². The van der Waals surface area contributed by atoms with Gasteiger partial charge in [-0.05, 0) is 61.0 Å². The van der Waals surface area contributed by atoms with Crippen LogP contribution in [0.15, 0.2) is 65.8 Å². The van der Waals surface area contributed by atoms with Crippen molar-refractivity contribution in [2.24, 2.45) is 5.10 Å². The third-order valence-electron chi connectivity index (χ3n) is 4.86. The second kappa shape index (κ2) is 13.7. The molecular formula is C26H24Cl3N3O4. The minimum Gasteiger partial charge on any atom is -0.494 e. The second-order valence-corrected chi connectivity index (χ2v) is 8.80. The van der Waals surface area contributed by atoms with Crippen molar-refractivity contribution in [1.29, 1.82) is 0 Å². The van der Waals surface area contributed by atoms with E-state index >= 15 is 0 Å². The summed E-state index contributed by atoms with van der Waals surface area (Å²) >= 11 is 18.5. The van der Waals surface area contributed by atoms with E-state index in [0.29, 0.717) is 50.0 Å². The van der Waals surface area contributed by atoms with Crippen LogP contribution in [-0.2, 0) is 16.2 Å². The van der Waals surface area contributed by atoms with Crippen LogP contribution in [0, 0.1) is 0 Å². The summed E-state index contributed by atoms with van der Waals surface area (Å²) in [7, 11) is 0. The number of anilines is 1. The molecule has 0 aromatic heterocycles. The first-order chi connectivity index (χ1) is 17.4. The smallest absolute Gasteiger partial charge is 0.329 e. The predicted octanol–water partition coefficient (Wildman–Crippen LogP) is 6.49. The maximum Gasteiger partial charge on any atom is 0.329 e. The Morgan fingerprint density at radius 1 is 0.944 bits per heavy atom. The third kappa shape index (κ3) is 8.16. The van der Waals surface area contributed by atoms with Crippen molar-refractivity contribution >= 4 is 58.5 Å². The number of carbonyl (C=O) groups is 2. The molecule has 36 heavy (non-hydrogen) atoms. The Morgan fingerprint density at radius 3 is 2.36 bits per heavy atom. The molecule has 2 amide bonds. The molecule has 0 bridgehead atoms. The summed E-state index contributed by atoms with van der Waals surface area (Å²) in [6.07, 6.45) is 3.32. The first-order valence-corrected chi connectivity index (χ1v) is 12.2. The van der Waals surface area contributed by atoms with Crippen LogP contribution < -0.4 is 20.2 Å². The van der Waals surface area contributed by atoms with Gasteiger partial charge in [0.05, 0.1) is 12.8 Å². The number of carbonyl (C=O) groups excluding carboxylic acids is 2. The van der Waals surface area contributed by atoms with Crippen molar-refractivity contribution in [3.05, 3.63) is 86.9 Å². The molecular weight excluding hydrogens is 525 g/mol. The third-order valence-corrected chi connectivity index (χ3v) is 5.80. The van der Waals surface area contributed by atoms with Crippen LogP contribution in [0.1, 0.15) is 30.9 Å². The minimum atomic E-state index is -0.943. The molecule has 0 radical (unpaired) electrons. The molecule has 188 valence electrons. The van der Waals surface area contributed by atoms with Gasteiger partial charge in [0.25, 0.3) is 0 Å². The minimum absolute atomic E-state index is 0.109. The molecule has 0 saturated heterocycles. The van der Waals surface area contributed by atoms with Gasteiger partial charge in [-0.3, -0.25) is 9.59 Å². The Morgan fingerprint density at radius 2 is 1.67 bits per heavy atom. The van der Waals surface area contributed by atoms with Gasteiger partial charge < -0.3 is 14.8 Å². The Labute approximate surface area is 224 Å². The molecule has 0 heterocycles. The lowest BCUT2D eigenvalue weighted by atomic mass is 10.2. The molecule has 0 aliphatic heterocycles. The van der Waals surface area contributed by atoms with E-state index in [1.807, 2.05) is 0 Å². The van der Waals surface area contributed by atoms with Gasteiger partial charge in [-0.25, -0.2) is 5.43 Å². The van der Waals surface area contributed by atoms with Crippen molar-refractivity contribution in [2.75, 3.05) is 11.9 Å². The number of hydrogen-bond donors (Lipinski definition) is 2. The van der Waals surface area contributed by atoms with Crippen LogP contribution in [0.25, 0.3) is 0 Å². The molecule has 3 rings (SSSR count). The fourth-order valence-corrected chi connectivity index (χ4v) is 3.63. The number of unbranched alkanes of at least 4 members (excludes halogenated alkanes) is 1. The van der Waals surface area contributed by atoms with E-state index in [2.05, 4.69) is 22.8 Å². The number of hydrazone groups is 1. The van der Waals surface area contributed by atoms with Crippen LogP contribution in [0.2, 0.25) is 15.1 Å². The summed E-state index contributed by atoms with van der Waals surface area (Å²) < 4.78 is 11.4. The average Bonchev–Trinajstić information content (AvgIpc) is 2.86. The normalized spacial score (nSPS) is 10.8. The van der Waals surface area contributed by atoms with Crippen LogP contribution in [0.4, 0.5) is 5.69 Å². The van der Waals surface area contributed by atoms with E-state index < -0.39 is 11.8 Å². The van der Waals surface area contributed by atoms with Gasteiger partial charge in [-0.1, -0.05) is 54.2 Å². The largest absolute Gasteiger partial charge is 0.494 e. The lowest BCUT2D eigenvalue weighted by Gasteiger charge is -2.12. The molecule has 0 spiro atoms. The fraction of sp³-hybridized carbons (Fsp3) is 0.192. The summed E-state index contributed by atoms with van der Waals surface area (Å²) in [6.45, 7) is 2.81. The van der Waals surface area contributed by atoms with E-state index in [4.69, 9.17) is 44.3 Å². The quantitative estimate of drug-likeness (QED) is 0.131. The number of rotatable bonds is 10. The van der Waals surface area contributed by atoms with E-state index in [9.17, 15) is 9.59 Å². The molecule has 3 aromatic carbocycles. The lowest BCUT2D eigenvalue weighted by molar-refractivity contribution is -0.136. The van der Waals surface area contributed by atoms with Crippen LogP contribution in [0.5, 0.6) is 11.5 Å². The topological polar surface area (TPSA) is 89.0 Å². The lowest BCUT2D eigenvalue weighted by Crippen LogP contribution is -2.32. The summed E-state index contributed by atoms with van der Waals surface area (Å²) in [5.41, 5.74) is 3.74. The number of nitrogens with one attached hydrogen (secondary N) is 2. The van der Waals surface area contributed by atoms with Crippen LogP contribution in [0.3, 0.4) is 0 Å². The van der Waals surface area contributed by atoms with E-state index in [1.54, 1.807) is 60.7 Å². The zero-order valence-corrected chi connectivity index (χ0v) is 21.7. The summed E-state index contributed by atoms with van der Waals surface area (Å²) in [5, 5.41) is 7.75. The van der Waals surface area contributed by atoms with Gasteiger partial charge in [0.15, 0.2) is 0 Å². The molecule has 7 nitrogen and oxygen atoms in total. The highest BCUT2D eigenvalue weighted by molar-refractivity contribution is 6.39. The van der Waals surface area contributed by atoms with Crippen molar-refractivity contribution in [1.82, 2.24) is 5.43 Å². The SMILES string of the molecule is CCCCOc1ccc(NC(=O)C(=O)N/N=C\c2cc(Cl)ccc2OCc2c(Cl)cccc2Cl)cc1. The molecule has 10 heteroatoms. The van der Waals surface area contributed by atoms with Crippen molar-refractivity contribution in [2.45, 2.75) is 26.4 Å². The molecule has 0 atom stereocenters. The molecule has 0 saturated carbocycles. The Hall–Kier alpha value is -3.26. The number of amides is 2. The maximum absolute atomic E-state index is 12.2. The molecule has 0 fully saturated rings. The Balaban J connectivity index is 1.57. The number of ether oxygens (including phenoxy) is 2. The maximum atomic E-state index is 12.2. The van der Waals surface area contributed by atoms with E-state index in [0.717, 1.165) is 12.8 Å². The zero-order chi connectivity index (χ0) is 25.9. The van der Waals surface area contributed by atoms with E-state index in [-0.39, 0.29) is 6.61 Å². The Bertz CT molecular complexity index is 1210. The first-order valence-electron chi connectivity index (χ1n) is 11.1. The van der Waals surface area contributed by atoms with Gasteiger partial charge in [0, 0.05) is 31.9 Å². The number of nitrogens with zero attached hydrogens (tertiary/aromatic N) is 1. The molecule has 3 aromatic rings. The van der Waals surface area contributed by atoms with Crippen LogP contribution in [-0.4, -0.2) is 24.6 Å². The average molecular weight is 549 g/mol. The van der Waals surface area contributed by atoms with Gasteiger partial charge >= 0.3 is 11.8 Å². The highest BCUT2D eigenvalue weighted by Gasteiger charge is 2.13. The van der Waals surface area contributed by atoms with Crippen molar-refractivity contribution < 1.29 is 19.1 Å². The first kappa shape index (κ1) is 27.3. The summed E-state index contributed by atoms with van der Waals surface area (Å²) in [6, 6.07) is 16.8. The highest BCUT2D eigenvalue weighted by Crippen LogP contribution is 2.28. The van der Waals surface area contributed by atoms with Crippen molar-refractivity contribution in [3.63, 3.8) is 0 Å². The monoisotopic (exact) mass is 547 g/mol. The second-order valence-electron chi connectivity index (χ2n) is 7.55. The summed E-state index contributed by atoms with van der Waals surface area (Å²) in [5.74, 6) is -0.699. The molecule has 0 aliphatic carbocycles. The van der Waals surface area contributed by atoms with Crippen molar-refractivity contribution in [3.8, 4) is 11.5 Å². The molecule has 0 aliphatic rings. The standard InChI is InChI=1S/C26H24Cl3N3O4/c1-2-3-13-35-20-10-8-19(9-11-20)31-25(33)26(34)32-30-15-17-14-18(27)7-12-24(17)36-16-21-22(28)5-4-6-23(21)29/h4-12,14-15H,2-3,13,16H2,1H3,(H,31,33)(H,32,34)/b30-15-. The van der Waals surface area contributed by atoms with Gasteiger partial charge in [0.2, 0.25) is 0 Å². The Kier molecular flexibility index (Phi) is 10.4. The van der Waals surface area contributed by atoms with Gasteiger partial charge in [0.1, 0.15) is 18.1 Å². The predicted molar refractivity (Wildman–Crippen MR) is 143 cm³/mol. The van der Waals surface area contributed by atoms with Gasteiger partial charge in [-0.15, -0.1) is 0 Å². The summed E-state index contributed by atoms with van der Waals surface area (Å²) in [4.78, 5) is 24.4. The molecule has 0 unspecified atom stereocenters. The zero-order valence-electron chi connectivity index (χ0n) is 19.4. The number of halogens is 3. The number of hydrogen-bond acceptors (Lipinski definition) is 5. The highest BCUT2D eigenvalue weighted by atomic mass is 35.5. The van der Waals surface area contributed by atoms with Gasteiger partial charge in [-0.2, -0.15) is 5.10 Å².